The van der Waals surface area contributed by atoms with Gasteiger partial charge < -0.3 is 10.6 Å². The summed E-state index contributed by atoms with van der Waals surface area (Å²) in [6.07, 6.45) is 6.02. The van der Waals surface area contributed by atoms with Gasteiger partial charge in [-0.25, -0.2) is 0 Å². The van der Waals surface area contributed by atoms with Crippen LogP contribution in [0.5, 0.6) is 0 Å². The smallest absolute Gasteiger partial charge is 0.0170 e. The van der Waals surface area contributed by atoms with E-state index in [1.165, 1.54) is 25.9 Å². The summed E-state index contributed by atoms with van der Waals surface area (Å²) in [5.41, 5.74) is 6.05. The van der Waals surface area contributed by atoms with Crippen LogP contribution >= 0.6 is 0 Å². The summed E-state index contributed by atoms with van der Waals surface area (Å²) in [5.74, 6) is 0.728. The number of piperidine rings is 1. The maximum atomic E-state index is 6.05. The number of hydrogen-bond donors (Lipinski definition) is 1. The van der Waals surface area contributed by atoms with Gasteiger partial charge in [0.2, 0.25) is 0 Å². The van der Waals surface area contributed by atoms with Crippen molar-refractivity contribution < 1.29 is 0 Å². The van der Waals surface area contributed by atoms with E-state index in [1.54, 1.807) is 0 Å². The molecular weight excluding hydrogens is 160 g/mol. The molecule has 13 heavy (non-hydrogen) atoms. The molecule has 1 fully saturated rings. The molecule has 0 aliphatic carbocycles. The summed E-state index contributed by atoms with van der Waals surface area (Å²) in [5, 5.41) is 0. The molecule has 0 spiro atoms. The van der Waals surface area contributed by atoms with Crippen molar-refractivity contribution >= 4 is 0 Å². The Labute approximate surface area is 82.5 Å². The molecule has 0 unspecified atom stereocenters. The van der Waals surface area contributed by atoms with E-state index in [4.69, 9.17) is 5.73 Å². The second-order valence-electron chi connectivity index (χ2n) is 4.56. The molecule has 0 aromatic heterocycles. The Hall–Kier alpha value is -0.0800. The Morgan fingerprint density at radius 1 is 1.31 bits per heavy atom. The average Bonchev–Trinajstić information content (AvgIpc) is 2.04. The van der Waals surface area contributed by atoms with E-state index >= 15 is 0 Å². The van der Waals surface area contributed by atoms with E-state index in [0.717, 1.165) is 18.9 Å². The fraction of sp³-hybridized carbons (Fsp3) is 0.909. The second kappa shape index (κ2) is 5.61. The third kappa shape index (κ3) is 4.63. The van der Waals surface area contributed by atoms with E-state index in [2.05, 4.69) is 25.2 Å². The number of likely N-dealkylation sites (tertiary alicyclic amines) is 1. The molecule has 0 bridgehead atoms. The molecule has 1 rings (SSSR count). The first-order chi connectivity index (χ1) is 6.18. The highest BCUT2D eigenvalue weighted by Crippen LogP contribution is 2.10. The van der Waals surface area contributed by atoms with Gasteiger partial charge in [0.1, 0.15) is 0 Å². The zero-order valence-electron chi connectivity index (χ0n) is 9.00. The van der Waals surface area contributed by atoms with Crippen molar-refractivity contribution in [3.8, 4) is 0 Å². The Morgan fingerprint density at radius 3 is 2.46 bits per heavy atom. The predicted octanol–water partition coefficient (Wildman–Crippen LogP) is 1.66. The molecule has 2 nitrogen and oxygen atoms in total. The van der Waals surface area contributed by atoms with Crippen LogP contribution in [-0.4, -0.2) is 30.6 Å². The topological polar surface area (TPSA) is 29.3 Å². The van der Waals surface area contributed by atoms with Gasteiger partial charge in [-0.1, -0.05) is 13.8 Å². The Morgan fingerprint density at radius 2 is 1.92 bits per heavy atom. The van der Waals surface area contributed by atoms with Crippen LogP contribution < -0.4 is 5.73 Å². The monoisotopic (exact) mass is 183 g/mol. The second-order valence-corrected chi connectivity index (χ2v) is 4.56. The van der Waals surface area contributed by atoms with Gasteiger partial charge >= 0.3 is 0 Å². The minimum atomic E-state index is 0.373. The highest BCUT2D eigenvalue weighted by molar-refractivity contribution is 4.79. The Bertz CT molecular complexity index is 128. The van der Waals surface area contributed by atoms with Gasteiger partial charge in [-0.3, -0.25) is 0 Å². The third-order valence-electron chi connectivity index (χ3n) is 2.57. The van der Waals surface area contributed by atoms with Crippen molar-refractivity contribution in [3.05, 3.63) is 6.42 Å². The van der Waals surface area contributed by atoms with Gasteiger partial charge in [0.05, 0.1) is 0 Å². The van der Waals surface area contributed by atoms with Crippen LogP contribution in [0.3, 0.4) is 0 Å². The first-order valence-electron chi connectivity index (χ1n) is 5.48. The summed E-state index contributed by atoms with van der Waals surface area (Å²) in [6, 6.07) is 0.373. The molecule has 1 radical (unpaired) electrons. The molecule has 1 heterocycles. The average molecular weight is 183 g/mol. The molecule has 2 heteroatoms. The van der Waals surface area contributed by atoms with Crippen LogP contribution in [0.15, 0.2) is 0 Å². The van der Waals surface area contributed by atoms with Crippen molar-refractivity contribution in [1.82, 2.24) is 4.90 Å². The van der Waals surface area contributed by atoms with Gasteiger partial charge in [-0.15, -0.1) is 0 Å². The van der Waals surface area contributed by atoms with Crippen molar-refractivity contribution in [2.45, 2.75) is 39.2 Å². The molecule has 0 amide bonds. The van der Waals surface area contributed by atoms with Crippen LogP contribution in [0.25, 0.3) is 0 Å². The molecule has 1 saturated heterocycles. The lowest BCUT2D eigenvalue weighted by atomic mass is 10.0. The van der Waals surface area contributed by atoms with Crippen LogP contribution in [0.2, 0.25) is 0 Å². The third-order valence-corrected chi connectivity index (χ3v) is 2.57. The first kappa shape index (κ1) is 11.0. The summed E-state index contributed by atoms with van der Waals surface area (Å²) >= 11 is 0. The molecule has 1 aliphatic heterocycles. The number of nitrogens with two attached hydrogens (primary N) is 1. The minimum absolute atomic E-state index is 0.373. The van der Waals surface area contributed by atoms with Gasteiger partial charge in [-0.05, 0) is 44.7 Å². The van der Waals surface area contributed by atoms with E-state index in [1.807, 2.05) is 0 Å². The SMILES string of the molecule is CC(C)C[C@H](N)CN1CC[CH]CC1. The van der Waals surface area contributed by atoms with Crippen LogP contribution in [0, 0.1) is 12.3 Å². The summed E-state index contributed by atoms with van der Waals surface area (Å²) < 4.78 is 0. The van der Waals surface area contributed by atoms with Gasteiger partial charge in [-0.2, -0.15) is 0 Å². The summed E-state index contributed by atoms with van der Waals surface area (Å²) in [7, 11) is 0. The number of hydrogen-bond acceptors (Lipinski definition) is 2. The zero-order chi connectivity index (χ0) is 9.68. The molecule has 0 saturated carbocycles. The zero-order valence-corrected chi connectivity index (χ0v) is 9.00. The molecule has 2 N–H and O–H groups in total. The van der Waals surface area contributed by atoms with E-state index in [-0.39, 0.29) is 0 Å². The van der Waals surface area contributed by atoms with E-state index in [0.29, 0.717) is 6.04 Å². The van der Waals surface area contributed by atoms with Crippen molar-refractivity contribution in [2.24, 2.45) is 11.7 Å². The molecule has 0 aromatic rings. The lowest BCUT2D eigenvalue weighted by Crippen LogP contribution is -2.40. The molecule has 77 valence electrons. The lowest BCUT2D eigenvalue weighted by Gasteiger charge is -2.29. The molecular formula is C11H23N2. The summed E-state index contributed by atoms with van der Waals surface area (Å²) in [6.45, 7) is 8.00. The maximum Gasteiger partial charge on any atom is 0.0170 e. The predicted molar refractivity (Wildman–Crippen MR) is 57.4 cm³/mol. The lowest BCUT2D eigenvalue weighted by molar-refractivity contribution is 0.230. The van der Waals surface area contributed by atoms with Gasteiger partial charge in [0.25, 0.3) is 0 Å². The van der Waals surface area contributed by atoms with Crippen molar-refractivity contribution in [3.63, 3.8) is 0 Å². The largest absolute Gasteiger partial charge is 0.327 e. The van der Waals surface area contributed by atoms with Gasteiger partial charge in [0.15, 0.2) is 0 Å². The number of rotatable bonds is 4. The fourth-order valence-corrected chi connectivity index (χ4v) is 2.00. The molecule has 1 aliphatic rings. The fourth-order valence-electron chi connectivity index (χ4n) is 2.00. The Kier molecular flexibility index (Phi) is 4.74. The number of nitrogens with zero attached hydrogens (tertiary/aromatic N) is 1. The normalized spacial score (nSPS) is 22.2. The van der Waals surface area contributed by atoms with Gasteiger partial charge in [0, 0.05) is 12.6 Å². The molecule has 0 aromatic carbocycles. The highest BCUT2D eigenvalue weighted by atomic mass is 15.1. The Balaban J connectivity index is 2.14. The quantitative estimate of drug-likeness (QED) is 0.718. The minimum Gasteiger partial charge on any atom is -0.327 e. The molecule has 1 atom stereocenters. The van der Waals surface area contributed by atoms with Crippen LogP contribution in [-0.2, 0) is 0 Å². The first-order valence-corrected chi connectivity index (χ1v) is 5.48. The van der Waals surface area contributed by atoms with Crippen molar-refractivity contribution in [1.29, 1.82) is 0 Å². The summed E-state index contributed by atoms with van der Waals surface area (Å²) in [4.78, 5) is 2.49. The van der Waals surface area contributed by atoms with E-state index < -0.39 is 0 Å². The van der Waals surface area contributed by atoms with Crippen LogP contribution in [0.1, 0.15) is 33.1 Å². The maximum absolute atomic E-state index is 6.05. The van der Waals surface area contributed by atoms with Crippen LogP contribution in [0.4, 0.5) is 0 Å². The van der Waals surface area contributed by atoms with Crippen molar-refractivity contribution in [2.75, 3.05) is 19.6 Å². The highest BCUT2D eigenvalue weighted by Gasteiger charge is 2.14. The van der Waals surface area contributed by atoms with E-state index in [9.17, 15) is 0 Å². The standard InChI is InChI=1S/C11H23N2/c1-10(2)8-11(12)9-13-6-4-3-5-7-13/h3,10-11H,4-9,12H2,1-2H3/t11-/m0/s1.